The van der Waals surface area contributed by atoms with E-state index in [1.54, 1.807) is 35.5 Å². The Morgan fingerprint density at radius 3 is 2.73 bits per heavy atom. The Balaban J connectivity index is 1.45. The van der Waals surface area contributed by atoms with Gasteiger partial charge >= 0.3 is 5.63 Å². The molecule has 3 aromatic rings. The van der Waals surface area contributed by atoms with Crippen LogP contribution in [-0.2, 0) is 0 Å². The monoisotopic (exact) mass is 350 g/mol. The summed E-state index contributed by atoms with van der Waals surface area (Å²) in [6.07, 6.45) is 4.83. The van der Waals surface area contributed by atoms with Crippen LogP contribution in [0.2, 0.25) is 0 Å². The number of piperidine rings is 1. The van der Waals surface area contributed by atoms with Crippen molar-refractivity contribution in [3.63, 3.8) is 0 Å². The van der Waals surface area contributed by atoms with Crippen LogP contribution in [-0.4, -0.2) is 35.0 Å². The van der Waals surface area contributed by atoms with Gasteiger partial charge in [-0.05, 0) is 24.3 Å². The van der Waals surface area contributed by atoms with Crippen molar-refractivity contribution in [2.75, 3.05) is 13.1 Å². The second kappa shape index (κ2) is 7.00. The lowest BCUT2D eigenvalue weighted by Gasteiger charge is -2.32. The summed E-state index contributed by atoms with van der Waals surface area (Å²) in [5.41, 5.74) is -0.0320. The first-order chi connectivity index (χ1) is 12.7. The average molecular weight is 350 g/mol. The van der Waals surface area contributed by atoms with E-state index in [0.29, 0.717) is 31.5 Å². The first kappa shape index (κ1) is 16.3. The molecule has 3 heterocycles. The molecule has 0 N–H and O–H groups in total. The molecule has 26 heavy (non-hydrogen) atoms. The normalized spacial score (nSPS) is 15.2. The Kier molecular flexibility index (Phi) is 4.39. The maximum atomic E-state index is 12.7. The molecule has 1 aromatic carbocycles. The summed E-state index contributed by atoms with van der Waals surface area (Å²) in [6.45, 7) is 1.08. The highest BCUT2D eigenvalue weighted by atomic mass is 16.5. The van der Waals surface area contributed by atoms with Gasteiger partial charge in [-0.15, -0.1) is 0 Å². The van der Waals surface area contributed by atoms with Gasteiger partial charge in [0.2, 0.25) is 0 Å². The molecular weight excluding hydrogens is 332 g/mol. The van der Waals surface area contributed by atoms with Crippen LogP contribution in [0.15, 0.2) is 64.1 Å². The van der Waals surface area contributed by atoms with Gasteiger partial charge in [-0.1, -0.05) is 18.2 Å². The van der Waals surface area contributed by atoms with Crippen LogP contribution in [0.4, 0.5) is 0 Å². The molecule has 0 spiro atoms. The van der Waals surface area contributed by atoms with Crippen LogP contribution in [0.1, 0.15) is 23.2 Å². The summed E-state index contributed by atoms with van der Waals surface area (Å²) in [5.74, 6) is 0.441. The van der Waals surface area contributed by atoms with Crippen molar-refractivity contribution in [3.05, 3.63) is 70.8 Å². The van der Waals surface area contributed by atoms with Gasteiger partial charge in [0.25, 0.3) is 5.91 Å². The zero-order valence-corrected chi connectivity index (χ0v) is 14.1. The number of likely N-dealkylation sites (tertiary alicyclic amines) is 1. The Hall–Kier alpha value is -3.15. The van der Waals surface area contributed by atoms with Crippen LogP contribution >= 0.6 is 0 Å². The highest BCUT2D eigenvalue weighted by Crippen LogP contribution is 2.20. The first-order valence-corrected chi connectivity index (χ1v) is 8.59. The van der Waals surface area contributed by atoms with Gasteiger partial charge in [0, 0.05) is 37.5 Å². The van der Waals surface area contributed by atoms with E-state index in [9.17, 15) is 9.59 Å². The minimum Gasteiger partial charge on any atom is -0.489 e. The number of nitrogens with zero attached hydrogens (tertiary/aromatic N) is 2. The van der Waals surface area contributed by atoms with E-state index in [0.717, 1.165) is 11.1 Å². The van der Waals surface area contributed by atoms with E-state index in [4.69, 9.17) is 9.15 Å². The fourth-order valence-electron chi connectivity index (χ4n) is 3.17. The summed E-state index contributed by atoms with van der Waals surface area (Å²) in [4.78, 5) is 30.6. The lowest BCUT2D eigenvalue weighted by molar-refractivity contribution is 0.0591. The summed E-state index contributed by atoms with van der Waals surface area (Å²) in [7, 11) is 0. The predicted octanol–water partition coefficient (Wildman–Crippen LogP) is 2.87. The third-order valence-corrected chi connectivity index (χ3v) is 4.54. The standard InChI is InChI=1S/C20H18N2O4/c23-19(17-12-14-4-1-2-6-18(14)26-20(17)24)22-10-7-15(8-11-22)25-16-5-3-9-21-13-16/h1-6,9,12-13,15H,7-8,10-11H2. The van der Waals surface area contributed by atoms with Crippen molar-refractivity contribution in [2.24, 2.45) is 0 Å². The molecule has 0 radical (unpaired) electrons. The molecule has 1 amide bonds. The lowest BCUT2D eigenvalue weighted by atomic mass is 10.1. The Morgan fingerprint density at radius 1 is 1.15 bits per heavy atom. The van der Waals surface area contributed by atoms with Crippen molar-refractivity contribution >= 4 is 16.9 Å². The number of fused-ring (bicyclic) bond motifs is 1. The van der Waals surface area contributed by atoms with Gasteiger partial charge in [-0.25, -0.2) is 4.79 Å². The summed E-state index contributed by atoms with van der Waals surface area (Å²) < 4.78 is 11.2. The summed E-state index contributed by atoms with van der Waals surface area (Å²) in [6, 6.07) is 12.5. The molecule has 6 heteroatoms. The van der Waals surface area contributed by atoms with Gasteiger partial charge in [0.1, 0.15) is 23.0 Å². The molecule has 0 bridgehead atoms. The Bertz CT molecular complexity index is 976. The van der Waals surface area contributed by atoms with Gasteiger partial charge < -0.3 is 14.1 Å². The van der Waals surface area contributed by atoms with Gasteiger partial charge in [-0.2, -0.15) is 0 Å². The third kappa shape index (κ3) is 3.31. The highest BCUT2D eigenvalue weighted by Gasteiger charge is 2.26. The molecule has 132 valence electrons. The lowest BCUT2D eigenvalue weighted by Crippen LogP contribution is -2.43. The van der Waals surface area contributed by atoms with Gasteiger partial charge in [0.15, 0.2) is 0 Å². The summed E-state index contributed by atoms with van der Waals surface area (Å²) in [5, 5.41) is 0.741. The SMILES string of the molecule is O=C(c1cc2ccccc2oc1=O)N1CCC(Oc2cccnc2)CC1. The molecule has 1 aliphatic rings. The fraction of sp³-hybridized carbons (Fsp3) is 0.250. The van der Waals surface area contributed by atoms with Crippen LogP contribution in [0, 0.1) is 0 Å². The first-order valence-electron chi connectivity index (χ1n) is 8.59. The van der Waals surface area contributed by atoms with Gasteiger partial charge in [0.05, 0.1) is 6.20 Å². The Morgan fingerprint density at radius 2 is 1.96 bits per heavy atom. The van der Waals surface area contributed by atoms with E-state index in [2.05, 4.69) is 4.98 Å². The molecule has 2 aromatic heterocycles. The van der Waals surface area contributed by atoms with Crippen molar-refractivity contribution in [2.45, 2.75) is 18.9 Å². The number of ether oxygens (including phenoxy) is 1. The van der Waals surface area contributed by atoms with Crippen LogP contribution in [0.5, 0.6) is 5.75 Å². The van der Waals surface area contributed by atoms with Crippen molar-refractivity contribution in [1.82, 2.24) is 9.88 Å². The molecule has 0 atom stereocenters. The number of benzene rings is 1. The molecule has 6 nitrogen and oxygen atoms in total. The second-order valence-corrected chi connectivity index (χ2v) is 6.28. The smallest absolute Gasteiger partial charge is 0.349 e. The number of para-hydroxylation sites is 1. The number of hydrogen-bond acceptors (Lipinski definition) is 5. The van der Waals surface area contributed by atoms with Crippen LogP contribution in [0.25, 0.3) is 11.0 Å². The maximum absolute atomic E-state index is 12.7. The Labute approximate surface area is 150 Å². The topological polar surface area (TPSA) is 72.6 Å². The number of carbonyl (C=O) groups excluding carboxylic acids is 1. The average Bonchev–Trinajstić information content (AvgIpc) is 2.68. The number of hydrogen-bond donors (Lipinski definition) is 0. The number of rotatable bonds is 3. The molecule has 0 aliphatic carbocycles. The maximum Gasteiger partial charge on any atom is 0.349 e. The molecular formula is C20H18N2O4. The zero-order valence-electron chi connectivity index (χ0n) is 14.1. The van der Waals surface area contributed by atoms with E-state index >= 15 is 0 Å². The largest absolute Gasteiger partial charge is 0.489 e. The van der Waals surface area contributed by atoms with E-state index in [1.165, 1.54) is 0 Å². The van der Waals surface area contributed by atoms with Crippen molar-refractivity contribution in [3.8, 4) is 5.75 Å². The fourth-order valence-corrected chi connectivity index (χ4v) is 3.17. The number of pyridine rings is 1. The number of amides is 1. The van der Waals surface area contributed by atoms with Gasteiger partial charge in [-0.3, -0.25) is 9.78 Å². The third-order valence-electron chi connectivity index (χ3n) is 4.54. The van der Waals surface area contributed by atoms with Crippen molar-refractivity contribution in [1.29, 1.82) is 0 Å². The molecule has 0 saturated carbocycles. The van der Waals surface area contributed by atoms with E-state index in [-0.39, 0.29) is 17.6 Å². The molecule has 4 rings (SSSR count). The highest BCUT2D eigenvalue weighted by molar-refractivity contribution is 5.96. The number of carbonyl (C=O) groups is 1. The van der Waals surface area contributed by atoms with Crippen LogP contribution in [0.3, 0.4) is 0 Å². The predicted molar refractivity (Wildman–Crippen MR) is 96.3 cm³/mol. The zero-order chi connectivity index (χ0) is 17.9. The van der Waals surface area contributed by atoms with E-state index < -0.39 is 5.63 Å². The number of aromatic nitrogens is 1. The molecule has 1 saturated heterocycles. The van der Waals surface area contributed by atoms with Crippen LogP contribution < -0.4 is 10.4 Å². The quantitative estimate of drug-likeness (QED) is 0.679. The minimum atomic E-state index is -0.595. The molecule has 0 unspecified atom stereocenters. The van der Waals surface area contributed by atoms with E-state index in [1.807, 2.05) is 24.3 Å². The second-order valence-electron chi connectivity index (χ2n) is 6.28. The van der Waals surface area contributed by atoms with Crippen molar-refractivity contribution < 1.29 is 13.9 Å². The minimum absolute atomic E-state index is 0.0382. The molecule has 1 aliphatic heterocycles. The summed E-state index contributed by atoms with van der Waals surface area (Å²) >= 11 is 0. The molecule has 1 fully saturated rings.